The quantitative estimate of drug-likeness (QED) is 0.212. The minimum Gasteiger partial charge on any atom is -0.468 e. The molecule has 0 saturated carbocycles. The smallest absolute Gasteiger partial charge is 0.327 e. The van der Waals surface area contributed by atoms with Gasteiger partial charge in [0.2, 0.25) is 0 Å². The standard InChI is InChI=1S/2C17H19NO2S.CH4/c2*1-12-5-3-4-6-14(12)16(17(19)20-2)18-9-7-15-13(11-18)8-10-21-15;/h2*3-6,8,10,16H,7,9,11H2,1-2H3;1H4/t2*16-;/m10./s1. The molecule has 0 radical (unpaired) electrons. The van der Waals surface area contributed by atoms with Gasteiger partial charge in [-0.25, -0.2) is 9.59 Å². The molecule has 2 aromatic carbocycles. The van der Waals surface area contributed by atoms with E-state index >= 15 is 0 Å². The van der Waals surface area contributed by atoms with Gasteiger partial charge in [0.05, 0.1) is 14.2 Å². The maximum Gasteiger partial charge on any atom is 0.327 e. The zero-order valence-electron chi connectivity index (χ0n) is 24.7. The summed E-state index contributed by atoms with van der Waals surface area (Å²) in [6, 6.07) is 19.8. The van der Waals surface area contributed by atoms with Gasteiger partial charge in [-0.1, -0.05) is 56.0 Å². The fraction of sp³-hybridized carbons (Fsp3) is 0.371. The maximum absolute atomic E-state index is 12.4. The fourth-order valence-corrected chi connectivity index (χ4v) is 7.72. The van der Waals surface area contributed by atoms with Crippen LogP contribution >= 0.6 is 22.7 Å². The van der Waals surface area contributed by atoms with Gasteiger partial charge < -0.3 is 9.47 Å². The number of esters is 2. The van der Waals surface area contributed by atoms with Gasteiger partial charge >= 0.3 is 11.9 Å². The number of carbonyl (C=O) groups excluding carboxylic acids is 2. The summed E-state index contributed by atoms with van der Waals surface area (Å²) >= 11 is 3.62. The van der Waals surface area contributed by atoms with Crippen LogP contribution in [-0.2, 0) is 45.0 Å². The number of fused-ring (bicyclic) bond motifs is 2. The largest absolute Gasteiger partial charge is 0.468 e. The molecule has 2 aliphatic heterocycles. The molecule has 0 fully saturated rings. The van der Waals surface area contributed by atoms with Crippen LogP contribution in [0, 0.1) is 13.8 Å². The van der Waals surface area contributed by atoms with Crippen LogP contribution < -0.4 is 0 Å². The van der Waals surface area contributed by atoms with E-state index in [9.17, 15) is 9.59 Å². The second kappa shape index (κ2) is 14.9. The first-order valence-electron chi connectivity index (χ1n) is 14.3. The van der Waals surface area contributed by atoms with E-state index in [2.05, 4.69) is 32.7 Å². The number of benzene rings is 2. The van der Waals surface area contributed by atoms with E-state index in [1.165, 1.54) is 35.1 Å². The SMILES string of the molecule is C.COC(=O)[C@@H](c1ccccc1C)N1CCc2sccc2C1.COC(=O)[C@H](c1ccccc1C)N1CCc2sccc2C1. The van der Waals surface area contributed by atoms with Crippen LogP contribution in [0.4, 0.5) is 0 Å². The van der Waals surface area contributed by atoms with Crippen LogP contribution in [0.1, 0.15) is 62.6 Å². The predicted octanol–water partition coefficient (Wildman–Crippen LogP) is 7.29. The lowest BCUT2D eigenvalue weighted by Crippen LogP contribution is -2.38. The van der Waals surface area contributed by atoms with Crippen molar-refractivity contribution in [2.75, 3.05) is 27.3 Å². The third-order valence-corrected chi connectivity index (χ3v) is 10.3. The number of hydrogen-bond donors (Lipinski definition) is 0. The first kappa shape index (κ1) is 32.6. The van der Waals surface area contributed by atoms with Crippen LogP contribution in [-0.4, -0.2) is 49.0 Å². The Balaban J connectivity index is 0.000000192. The average Bonchev–Trinajstić information content (AvgIpc) is 3.68. The van der Waals surface area contributed by atoms with Crippen molar-refractivity contribution in [2.45, 2.75) is 59.3 Å². The molecule has 2 aromatic heterocycles. The number of ether oxygens (including phenoxy) is 2. The van der Waals surface area contributed by atoms with Crippen LogP contribution in [0.5, 0.6) is 0 Å². The summed E-state index contributed by atoms with van der Waals surface area (Å²) in [5.41, 5.74) is 7.03. The summed E-state index contributed by atoms with van der Waals surface area (Å²) in [7, 11) is 2.93. The molecule has 0 bridgehead atoms. The monoisotopic (exact) mass is 618 g/mol. The highest BCUT2D eigenvalue weighted by atomic mass is 32.1. The Morgan fingerprint density at radius 3 is 1.44 bits per heavy atom. The highest BCUT2D eigenvalue weighted by molar-refractivity contribution is 7.10. The zero-order chi connectivity index (χ0) is 29.6. The summed E-state index contributed by atoms with van der Waals surface area (Å²) in [6.07, 6.45) is 2.01. The van der Waals surface area contributed by atoms with E-state index in [-0.39, 0.29) is 31.4 Å². The number of methoxy groups -OCH3 is 2. The van der Waals surface area contributed by atoms with Crippen molar-refractivity contribution < 1.29 is 19.1 Å². The van der Waals surface area contributed by atoms with Gasteiger partial charge in [0.25, 0.3) is 0 Å². The molecule has 228 valence electrons. The van der Waals surface area contributed by atoms with E-state index < -0.39 is 0 Å². The Hall–Kier alpha value is -3.30. The number of thiophene rings is 2. The van der Waals surface area contributed by atoms with Crippen molar-refractivity contribution in [1.29, 1.82) is 0 Å². The maximum atomic E-state index is 12.4. The lowest BCUT2D eigenvalue weighted by atomic mass is 9.97. The zero-order valence-corrected chi connectivity index (χ0v) is 26.3. The molecule has 0 aliphatic carbocycles. The number of carbonyl (C=O) groups is 2. The van der Waals surface area contributed by atoms with Crippen molar-refractivity contribution in [1.82, 2.24) is 9.80 Å². The molecule has 0 amide bonds. The Labute approximate surface area is 263 Å². The first-order chi connectivity index (χ1) is 20.4. The van der Waals surface area contributed by atoms with Gasteiger partial charge in [0.15, 0.2) is 0 Å². The van der Waals surface area contributed by atoms with E-state index in [0.717, 1.165) is 61.3 Å². The number of nitrogens with zero attached hydrogens (tertiary/aromatic N) is 2. The van der Waals surface area contributed by atoms with Crippen LogP contribution in [0.25, 0.3) is 0 Å². The molecule has 0 spiro atoms. The summed E-state index contributed by atoms with van der Waals surface area (Å²) in [6.45, 7) is 7.50. The summed E-state index contributed by atoms with van der Waals surface area (Å²) in [5.74, 6) is -0.356. The lowest BCUT2D eigenvalue weighted by Gasteiger charge is -2.33. The number of hydrogen-bond acceptors (Lipinski definition) is 8. The molecular weight excluding hydrogens is 577 g/mol. The van der Waals surface area contributed by atoms with Gasteiger partial charge in [-0.15, -0.1) is 22.7 Å². The summed E-state index contributed by atoms with van der Waals surface area (Å²) < 4.78 is 10.1. The molecule has 4 heterocycles. The molecule has 6 nitrogen and oxygen atoms in total. The van der Waals surface area contributed by atoms with E-state index in [1.54, 1.807) is 0 Å². The lowest BCUT2D eigenvalue weighted by molar-refractivity contribution is -0.148. The van der Waals surface area contributed by atoms with E-state index in [0.29, 0.717) is 0 Å². The first-order valence-corrected chi connectivity index (χ1v) is 16.0. The topological polar surface area (TPSA) is 59.1 Å². The Bertz CT molecular complexity index is 1410. The average molecular weight is 619 g/mol. The fourth-order valence-electron chi connectivity index (χ4n) is 5.94. The molecule has 43 heavy (non-hydrogen) atoms. The van der Waals surface area contributed by atoms with Crippen LogP contribution in [0.3, 0.4) is 0 Å². The third kappa shape index (κ3) is 7.27. The van der Waals surface area contributed by atoms with E-state index in [1.807, 2.05) is 85.1 Å². The summed E-state index contributed by atoms with van der Waals surface area (Å²) in [5, 5.41) is 4.27. The highest BCUT2D eigenvalue weighted by Gasteiger charge is 2.33. The molecular formula is C35H42N2O4S2. The Morgan fingerprint density at radius 2 is 1.07 bits per heavy atom. The molecule has 6 rings (SSSR count). The number of rotatable bonds is 6. The minimum atomic E-state index is -0.316. The molecule has 4 aromatic rings. The normalized spacial score (nSPS) is 15.9. The third-order valence-electron chi connectivity index (χ3n) is 8.22. The molecule has 2 aliphatic rings. The van der Waals surface area contributed by atoms with Crippen molar-refractivity contribution in [3.05, 3.63) is 115 Å². The van der Waals surface area contributed by atoms with Crippen molar-refractivity contribution in [3.63, 3.8) is 0 Å². The minimum absolute atomic E-state index is 0. The van der Waals surface area contributed by atoms with Crippen LogP contribution in [0.15, 0.2) is 71.4 Å². The molecule has 2 atom stereocenters. The summed E-state index contributed by atoms with van der Waals surface area (Å²) in [4.78, 5) is 32.0. The Morgan fingerprint density at radius 1 is 0.674 bits per heavy atom. The second-order valence-electron chi connectivity index (χ2n) is 10.7. The van der Waals surface area contributed by atoms with E-state index in [4.69, 9.17) is 9.47 Å². The van der Waals surface area contributed by atoms with Crippen molar-refractivity contribution >= 4 is 34.6 Å². The van der Waals surface area contributed by atoms with Gasteiger partial charge in [-0.2, -0.15) is 0 Å². The second-order valence-corrected chi connectivity index (χ2v) is 12.7. The predicted molar refractivity (Wildman–Crippen MR) is 175 cm³/mol. The van der Waals surface area contributed by atoms with Crippen LogP contribution in [0.2, 0.25) is 0 Å². The Kier molecular flexibility index (Phi) is 11.3. The molecule has 0 unspecified atom stereocenters. The van der Waals surface area contributed by atoms with Crippen molar-refractivity contribution in [2.24, 2.45) is 0 Å². The molecule has 0 N–H and O–H groups in total. The highest BCUT2D eigenvalue weighted by Crippen LogP contribution is 2.33. The molecule has 8 heteroatoms. The number of aryl methyl sites for hydroxylation is 2. The van der Waals surface area contributed by atoms with Gasteiger partial charge in [0, 0.05) is 35.9 Å². The van der Waals surface area contributed by atoms with Crippen molar-refractivity contribution in [3.8, 4) is 0 Å². The van der Waals surface area contributed by atoms with Gasteiger partial charge in [0.1, 0.15) is 12.1 Å². The van der Waals surface area contributed by atoms with Gasteiger partial charge in [-0.05, 0) is 83.0 Å². The van der Waals surface area contributed by atoms with Gasteiger partial charge in [-0.3, -0.25) is 9.80 Å². The molecule has 0 saturated heterocycles.